The SMILES string of the molecule is CN=C(NCCC1=CCCCC1)NCCc1cc(F)cc2c1OCOC2.I. The average molecular weight is 489 g/mol. The molecule has 150 valence electrons. The lowest BCUT2D eigenvalue weighted by atomic mass is 9.97. The van der Waals surface area contributed by atoms with Gasteiger partial charge in [0.05, 0.1) is 6.61 Å². The van der Waals surface area contributed by atoms with Crippen molar-refractivity contribution in [3.8, 4) is 5.75 Å². The Balaban J connectivity index is 0.00000261. The second-order valence-corrected chi connectivity index (χ2v) is 6.70. The van der Waals surface area contributed by atoms with Gasteiger partial charge in [0, 0.05) is 25.7 Å². The molecule has 0 bridgehead atoms. The molecule has 1 aromatic rings. The van der Waals surface area contributed by atoms with E-state index < -0.39 is 0 Å². The minimum atomic E-state index is -0.254. The summed E-state index contributed by atoms with van der Waals surface area (Å²) in [5.41, 5.74) is 3.18. The lowest BCUT2D eigenvalue weighted by molar-refractivity contribution is -0.0172. The van der Waals surface area contributed by atoms with Gasteiger partial charge in [-0.15, -0.1) is 24.0 Å². The molecule has 0 aromatic heterocycles. The third kappa shape index (κ3) is 6.64. The van der Waals surface area contributed by atoms with E-state index in [0.717, 1.165) is 35.8 Å². The first-order valence-electron chi connectivity index (χ1n) is 9.40. The standard InChI is InChI=1S/C20H28FN3O2.HI/c1-22-20(23-9-7-15-5-3-2-4-6-15)24-10-8-16-11-18(21)12-17-13-25-14-26-19(16)17;/h5,11-12H,2-4,6-10,13-14H2,1H3,(H2,22,23,24);1H. The summed E-state index contributed by atoms with van der Waals surface area (Å²) in [6, 6.07) is 3.02. The van der Waals surface area contributed by atoms with E-state index >= 15 is 0 Å². The number of nitrogens with zero attached hydrogens (tertiary/aromatic N) is 1. The van der Waals surface area contributed by atoms with Crippen LogP contribution in [0, 0.1) is 5.82 Å². The van der Waals surface area contributed by atoms with Crippen LogP contribution in [-0.4, -0.2) is 32.9 Å². The van der Waals surface area contributed by atoms with Crippen molar-refractivity contribution in [3.05, 3.63) is 40.7 Å². The molecule has 0 atom stereocenters. The van der Waals surface area contributed by atoms with Gasteiger partial charge in [0.1, 0.15) is 11.6 Å². The van der Waals surface area contributed by atoms with Gasteiger partial charge in [-0.2, -0.15) is 0 Å². The molecule has 1 heterocycles. The second kappa shape index (κ2) is 11.5. The van der Waals surface area contributed by atoms with Crippen LogP contribution in [0.15, 0.2) is 28.8 Å². The van der Waals surface area contributed by atoms with E-state index in [4.69, 9.17) is 9.47 Å². The largest absolute Gasteiger partial charge is 0.467 e. The molecule has 2 N–H and O–H groups in total. The van der Waals surface area contributed by atoms with E-state index in [1.807, 2.05) is 0 Å². The van der Waals surface area contributed by atoms with Gasteiger partial charge in [-0.25, -0.2) is 4.39 Å². The predicted octanol–water partition coefficient (Wildman–Crippen LogP) is 3.91. The number of fused-ring (bicyclic) bond motifs is 1. The fourth-order valence-corrected chi connectivity index (χ4v) is 3.45. The van der Waals surface area contributed by atoms with Gasteiger partial charge < -0.3 is 20.1 Å². The van der Waals surface area contributed by atoms with Crippen molar-refractivity contribution >= 4 is 29.9 Å². The number of benzene rings is 1. The third-order valence-electron chi connectivity index (χ3n) is 4.79. The smallest absolute Gasteiger partial charge is 0.190 e. The molecule has 3 rings (SSSR count). The van der Waals surface area contributed by atoms with Crippen LogP contribution in [0.2, 0.25) is 0 Å². The molecule has 1 aliphatic carbocycles. The molecule has 0 fully saturated rings. The fourth-order valence-electron chi connectivity index (χ4n) is 3.45. The molecule has 0 amide bonds. The van der Waals surface area contributed by atoms with Crippen LogP contribution in [0.3, 0.4) is 0 Å². The van der Waals surface area contributed by atoms with Crippen molar-refractivity contribution < 1.29 is 13.9 Å². The maximum Gasteiger partial charge on any atom is 0.190 e. The van der Waals surface area contributed by atoms with Crippen LogP contribution in [0.5, 0.6) is 5.75 Å². The Morgan fingerprint density at radius 2 is 2.00 bits per heavy atom. The zero-order valence-corrected chi connectivity index (χ0v) is 18.2. The van der Waals surface area contributed by atoms with E-state index in [2.05, 4.69) is 21.7 Å². The molecule has 7 heteroatoms. The topological polar surface area (TPSA) is 54.9 Å². The number of nitrogens with one attached hydrogen (secondary N) is 2. The highest BCUT2D eigenvalue weighted by Gasteiger charge is 2.16. The highest BCUT2D eigenvalue weighted by atomic mass is 127. The van der Waals surface area contributed by atoms with E-state index in [9.17, 15) is 4.39 Å². The Hall–Kier alpha value is -1.35. The zero-order valence-electron chi connectivity index (χ0n) is 15.9. The number of hydrogen-bond donors (Lipinski definition) is 2. The summed E-state index contributed by atoms with van der Waals surface area (Å²) in [6.45, 7) is 2.15. The highest BCUT2D eigenvalue weighted by molar-refractivity contribution is 14.0. The molecular formula is C20H29FIN3O2. The Kier molecular flexibility index (Phi) is 9.33. The third-order valence-corrected chi connectivity index (χ3v) is 4.79. The van der Waals surface area contributed by atoms with Gasteiger partial charge in [-0.1, -0.05) is 11.6 Å². The van der Waals surface area contributed by atoms with Gasteiger partial charge >= 0.3 is 0 Å². The monoisotopic (exact) mass is 489 g/mol. The summed E-state index contributed by atoms with van der Waals surface area (Å²) in [5, 5.41) is 6.64. The maximum absolute atomic E-state index is 13.8. The Morgan fingerprint density at radius 1 is 1.19 bits per heavy atom. The summed E-state index contributed by atoms with van der Waals surface area (Å²) in [7, 11) is 1.76. The van der Waals surface area contributed by atoms with Gasteiger partial charge in [-0.05, 0) is 56.2 Å². The Bertz CT molecular complexity index is 679. The minimum absolute atomic E-state index is 0. The number of ether oxygens (including phenoxy) is 2. The normalized spacial score (nSPS) is 16.5. The van der Waals surface area contributed by atoms with Crippen molar-refractivity contribution in [2.75, 3.05) is 26.9 Å². The van der Waals surface area contributed by atoms with E-state index in [0.29, 0.717) is 19.6 Å². The number of guanidine groups is 1. The maximum atomic E-state index is 13.8. The van der Waals surface area contributed by atoms with Crippen LogP contribution >= 0.6 is 24.0 Å². The minimum Gasteiger partial charge on any atom is -0.467 e. The Morgan fingerprint density at radius 3 is 2.74 bits per heavy atom. The molecule has 0 unspecified atom stereocenters. The molecule has 0 saturated heterocycles. The number of hydrogen-bond acceptors (Lipinski definition) is 3. The summed E-state index contributed by atoms with van der Waals surface area (Å²) < 4.78 is 24.6. The first kappa shape index (κ1) is 21.9. The molecule has 2 aliphatic rings. The first-order valence-corrected chi connectivity index (χ1v) is 9.40. The van der Waals surface area contributed by atoms with Crippen LogP contribution in [0.25, 0.3) is 0 Å². The molecule has 27 heavy (non-hydrogen) atoms. The van der Waals surface area contributed by atoms with Crippen molar-refractivity contribution in [1.82, 2.24) is 10.6 Å². The lowest BCUT2D eigenvalue weighted by Crippen LogP contribution is -2.38. The quantitative estimate of drug-likeness (QED) is 0.276. The van der Waals surface area contributed by atoms with Crippen LogP contribution < -0.4 is 15.4 Å². The predicted molar refractivity (Wildman–Crippen MR) is 116 cm³/mol. The summed E-state index contributed by atoms with van der Waals surface area (Å²) in [4.78, 5) is 4.26. The van der Waals surface area contributed by atoms with Crippen molar-refractivity contribution in [3.63, 3.8) is 0 Å². The van der Waals surface area contributed by atoms with E-state index in [1.165, 1.54) is 37.8 Å². The molecule has 0 radical (unpaired) electrons. The summed E-state index contributed by atoms with van der Waals surface area (Å²) >= 11 is 0. The van der Waals surface area contributed by atoms with Crippen molar-refractivity contribution in [2.45, 2.75) is 45.1 Å². The number of rotatable bonds is 6. The van der Waals surface area contributed by atoms with Crippen LogP contribution in [-0.2, 0) is 17.8 Å². The van der Waals surface area contributed by atoms with Gasteiger partial charge in [0.25, 0.3) is 0 Å². The number of aliphatic imine (C=N–C) groups is 1. The molecule has 1 aromatic carbocycles. The highest BCUT2D eigenvalue weighted by Crippen LogP contribution is 2.29. The number of allylic oxidation sites excluding steroid dienone is 1. The van der Waals surface area contributed by atoms with Crippen LogP contribution in [0.4, 0.5) is 4.39 Å². The zero-order chi connectivity index (χ0) is 18.2. The van der Waals surface area contributed by atoms with Crippen LogP contribution in [0.1, 0.15) is 43.2 Å². The van der Waals surface area contributed by atoms with Gasteiger partial charge in [0.15, 0.2) is 12.8 Å². The fraction of sp³-hybridized carbons (Fsp3) is 0.550. The average Bonchev–Trinajstić information content (AvgIpc) is 2.67. The molecule has 5 nitrogen and oxygen atoms in total. The molecule has 1 aliphatic heterocycles. The first-order chi connectivity index (χ1) is 12.8. The van der Waals surface area contributed by atoms with Crippen molar-refractivity contribution in [2.24, 2.45) is 4.99 Å². The number of halogens is 2. The summed E-state index contributed by atoms with van der Waals surface area (Å²) in [6.07, 6.45) is 9.16. The molecular weight excluding hydrogens is 460 g/mol. The Labute approximate surface area is 177 Å². The molecule has 0 spiro atoms. The van der Waals surface area contributed by atoms with Crippen molar-refractivity contribution in [1.29, 1.82) is 0 Å². The molecule has 0 saturated carbocycles. The van der Waals surface area contributed by atoms with E-state index in [-0.39, 0.29) is 36.6 Å². The van der Waals surface area contributed by atoms with E-state index in [1.54, 1.807) is 12.6 Å². The van der Waals surface area contributed by atoms with Gasteiger partial charge in [0.2, 0.25) is 0 Å². The van der Waals surface area contributed by atoms with Gasteiger partial charge in [-0.3, -0.25) is 4.99 Å². The second-order valence-electron chi connectivity index (χ2n) is 6.70. The summed E-state index contributed by atoms with van der Waals surface area (Å²) in [5.74, 6) is 1.28. The lowest BCUT2D eigenvalue weighted by Gasteiger charge is -2.21.